The topological polar surface area (TPSA) is 20.2 Å². The van der Waals surface area contributed by atoms with Gasteiger partial charge in [0, 0.05) is 6.07 Å². The van der Waals surface area contributed by atoms with Crippen LogP contribution in [0.15, 0.2) is 18.2 Å². The van der Waals surface area contributed by atoms with Crippen molar-refractivity contribution in [3.05, 3.63) is 35.4 Å². The van der Waals surface area contributed by atoms with E-state index in [1.807, 2.05) is 0 Å². The highest BCUT2D eigenvalue weighted by Crippen LogP contribution is 2.32. The molecule has 0 aromatic heterocycles. The van der Waals surface area contributed by atoms with Crippen molar-refractivity contribution in [3.8, 4) is 0 Å². The van der Waals surface area contributed by atoms with Gasteiger partial charge in [0.1, 0.15) is 11.6 Å². The molecule has 0 heterocycles. The Hall–Kier alpha value is -1.17. The molecule has 0 fully saturated rings. The van der Waals surface area contributed by atoms with E-state index in [0.717, 1.165) is 0 Å². The van der Waals surface area contributed by atoms with Crippen LogP contribution in [0.3, 0.4) is 0 Å². The fourth-order valence-corrected chi connectivity index (χ4v) is 0.922. The minimum atomic E-state index is -4.93. The van der Waals surface area contributed by atoms with Crippen LogP contribution in [0.2, 0.25) is 0 Å². The summed E-state index contributed by atoms with van der Waals surface area (Å²) in [4.78, 5) is 0. The van der Waals surface area contributed by atoms with Crippen LogP contribution in [-0.2, 0) is 0 Å². The van der Waals surface area contributed by atoms with E-state index >= 15 is 0 Å². The highest BCUT2D eigenvalue weighted by molar-refractivity contribution is 5.21. The van der Waals surface area contributed by atoms with Gasteiger partial charge in [-0.2, -0.15) is 13.2 Å². The van der Waals surface area contributed by atoms with Crippen LogP contribution in [0.5, 0.6) is 0 Å². The largest absolute Gasteiger partial charge is 0.418 e. The second-order valence-corrected chi connectivity index (χ2v) is 2.65. The molecule has 1 nitrogen and oxygen atoms in total. The Bertz CT molecular complexity index is 313. The molecule has 1 rings (SSSR count). The molecule has 0 spiro atoms. The van der Waals surface area contributed by atoms with Crippen molar-refractivity contribution < 1.29 is 27.1 Å². The standard InChI is InChI=1S/C8H5F5O/c9-5-1-4(2-6(10)3-5)7(14)8(11,12)13/h1-3,7,14H/t7-/m0/s1. The lowest BCUT2D eigenvalue weighted by Gasteiger charge is -2.14. The molecule has 78 valence electrons. The SMILES string of the molecule is O[C@@H](c1cc(F)cc(F)c1)C(F)(F)F. The van der Waals surface area contributed by atoms with Crippen LogP contribution in [-0.4, -0.2) is 11.3 Å². The predicted octanol–water partition coefficient (Wildman–Crippen LogP) is 2.56. The molecular weight excluding hydrogens is 207 g/mol. The summed E-state index contributed by atoms with van der Waals surface area (Å²) < 4.78 is 60.6. The number of halogens is 5. The summed E-state index contributed by atoms with van der Waals surface area (Å²) in [5.74, 6) is -2.33. The summed E-state index contributed by atoms with van der Waals surface area (Å²) in [5, 5.41) is 8.65. The molecule has 1 atom stereocenters. The van der Waals surface area contributed by atoms with Crippen LogP contribution >= 0.6 is 0 Å². The Morgan fingerprint density at radius 1 is 1.00 bits per heavy atom. The third-order valence-corrected chi connectivity index (χ3v) is 1.51. The number of aliphatic hydroxyl groups excluding tert-OH is 1. The maximum absolute atomic E-state index is 12.5. The fourth-order valence-electron chi connectivity index (χ4n) is 0.922. The van der Waals surface area contributed by atoms with Crippen LogP contribution in [0.25, 0.3) is 0 Å². The number of hydrogen-bond acceptors (Lipinski definition) is 1. The van der Waals surface area contributed by atoms with E-state index in [0.29, 0.717) is 18.2 Å². The van der Waals surface area contributed by atoms with Crippen molar-refractivity contribution in [2.45, 2.75) is 12.3 Å². The summed E-state index contributed by atoms with van der Waals surface area (Å²) in [5.41, 5.74) is -0.852. The van der Waals surface area contributed by atoms with Gasteiger partial charge in [-0.1, -0.05) is 0 Å². The highest BCUT2D eigenvalue weighted by atomic mass is 19.4. The molecule has 0 saturated carbocycles. The average Bonchev–Trinajstić information content (AvgIpc) is 1.99. The van der Waals surface area contributed by atoms with E-state index in [4.69, 9.17) is 5.11 Å². The summed E-state index contributed by atoms with van der Waals surface area (Å²) in [7, 11) is 0. The summed E-state index contributed by atoms with van der Waals surface area (Å²) in [6.45, 7) is 0. The minimum Gasteiger partial charge on any atom is -0.379 e. The smallest absolute Gasteiger partial charge is 0.379 e. The lowest BCUT2D eigenvalue weighted by atomic mass is 10.1. The number of benzene rings is 1. The molecule has 0 aliphatic carbocycles. The highest BCUT2D eigenvalue weighted by Gasteiger charge is 2.39. The predicted molar refractivity (Wildman–Crippen MR) is 37.4 cm³/mol. The lowest BCUT2D eigenvalue weighted by Crippen LogP contribution is -2.20. The van der Waals surface area contributed by atoms with Crippen molar-refractivity contribution in [2.24, 2.45) is 0 Å². The van der Waals surface area contributed by atoms with Crippen molar-refractivity contribution in [2.75, 3.05) is 0 Å². The first kappa shape index (κ1) is 10.9. The van der Waals surface area contributed by atoms with Crippen LogP contribution < -0.4 is 0 Å². The second-order valence-electron chi connectivity index (χ2n) is 2.65. The van der Waals surface area contributed by atoms with Gasteiger partial charge in [-0.25, -0.2) is 8.78 Å². The van der Waals surface area contributed by atoms with E-state index in [1.54, 1.807) is 0 Å². The van der Waals surface area contributed by atoms with E-state index in [1.165, 1.54) is 0 Å². The van der Waals surface area contributed by atoms with Gasteiger partial charge in [-0.3, -0.25) is 0 Å². The van der Waals surface area contributed by atoms with Gasteiger partial charge in [-0.05, 0) is 17.7 Å². The fraction of sp³-hybridized carbons (Fsp3) is 0.250. The zero-order valence-electron chi connectivity index (χ0n) is 6.65. The normalized spacial score (nSPS) is 14.1. The minimum absolute atomic E-state index is 0.423. The molecule has 14 heavy (non-hydrogen) atoms. The molecular formula is C8H5F5O. The van der Waals surface area contributed by atoms with Gasteiger partial charge in [-0.15, -0.1) is 0 Å². The quantitative estimate of drug-likeness (QED) is 0.709. The number of hydrogen-bond donors (Lipinski definition) is 1. The zero-order valence-corrected chi connectivity index (χ0v) is 6.65. The van der Waals surface area contributed by atoms with Gasteiger partial charge >= 0.3 is 6.18 Å². The zero-order chi connectivity index (χ0) is 10.9. The molecule has 0 bridgehead atoms. The average molecular weight is 212 g/mol. The Labute approximate surface area is 75.8 Å². The third kappa shape index (κ3) is 2.41. The van der Waals surface area contributed by atoms with Crippen LogP contribution in [0.1, 0.15) is 11.7 Å². The molecule has 0 radical (unpaired) electrons. The maximum atomic E-state index is 12.5. The van der Waals surface area contributed by atoms with Crippen LogP contribution in [0, 0.1) is 11.6 Å². The lowest BCUT2D eigenvalue weighted by molar-refractivity contribution is -0.206. The monoisotopic (exact) mass is 212 g/mol. The van der Waals surface area contributed by atoms with Crippen molar-refractivity contribution in [1.29, 1.82) is 0 Å². The summed E-state index contributed by atoms with van der Waals surface area (Å²) in [6.07, 6.45) is -7.80. The van der Waals surface area contributed by atoms with E-state index < -0.39 is 29.5 Å². The molecule has 1 aromatic carbocycles. The second kappa shape index (κ2) is 3.53. The van der Waals surface area contributed by atoms with Crippen LogP contribution in [0.4, 0.5) is 22.0 Å². The molecule has 0 aliphatic rings. The summed E-state index contributed by atoms with van der Waals surface area (Å²) >= 11 is 0. The number of aliphatic hydroxyl groups is 1. The molecule has 1 N–H and O–H groups in total. The van der Waals surface area contributed by atoms with Gasteiger partial charge < -0.3 is 5.11 Å². The molecule has 1 aromatic rings. The number of rotatable bonds is 1. The Kier molecular flexibility index (Phi) is 2.75. The van der Waals surface area contributed by atoms with E-state index in [9.17, 15) is 22.0 Å². The Morgan fingerprint density at radius 2 is 1.43 bits per heavy atom. The number of alkyl halides is 3. The third-order valence-electron chi connectivity index (χ3n) is 1.51. The van der Waals surface area contributed by atoms with Gasteiger partial charge in [0.25, 0.3) is 0 Å². The Morgan fingerprint density at radius 3 is 1.79 bits per heavy atom. The van der Waals surface area contributed by atoms with Crippen molar-refractivity contribution >= 4 is 0 Å². The summed E-state index contributed by atoms with van der Waals surface area (Å²) in [6, 6.07) is 1.29. The molecule has 0 saturated heterocycles. The van der Waals surface area contributed by atoms with E-state index in [-0.39, 0.29) is 0 Å². The van der Waals surface area contributed by atoms with Crippen molar-refractivity contribution in [1.82, 2.24) is 0 Å². The molecule has 0 amide bonds. The first-order chi connectivity index (χ1) is 6.30. The first-order valence-corrected chi connectivity index (χ1v) is 3.51. The molecule has 0 aliphatic heterocycles. The maximum Gasteiger partial charge on any atom is 0.418 e. The van der Waals surface area contributed by atoms with Gasteiger partial charge in [0.15, 0.2) is 6.10 Å². The molecule has 6 heteroatoms. The first-order valence-electron chi connectivity index (χ1n) is 3.51. The van der Waals surface area contributed by atoms with E-state index in [2.05, 4.69) is 0 Å². The molecule has 0 unspecified atom stereocenters. The van der Waals surface area contributed by atoms with Crippen molar-refractivity contribution in [3.63, 3.8) is 0 Å². The Balaban J connectivity index is 3.07. The van der Waals surface area contributed by atoms with Gasteiger partial charge in [0.2, 0.25) is 0 Å². The van der Waals surface area contributed by atoms with Gasteiger partial charge in [0.05, 0.1) is 0 Å².